The van der Waals surface area contributed by atoms with Crippen LogP contribution in [0.3, 0.4) is 0 Å². The first-order valence-corrected chi connectivity index (χ1v) is 9.44. The summed E-state index contributed by atoms with van der Waals surface area (Å²) in [5.41, 5.74) is 1.48. The molecule has 6 nitrogen and oxygen atoms in total. The van der Waals surface area contributed by atoms with Crippen LogP contribution >= 0.6 is 0 Å². The number of anilines is 1. The van der Waals surface area contributed by atoms with Crippen molar-refractivity contribution in [2.45, 2.75) is 19.8 Å². The quantitative estimate of drug-likeness (QED) is 0.766. The van der Waals surface area contributed by atoms with Gasteiger partial charge in [-0.05, 0) is 30.7 Å². The molecule has 2 rings (SSSR count). The average Bonchev–Trinajstić information content (AvgIpc) is 2.55. The molecule has 7 heteroatoms. The summed E-state index contributed by atoms with van der Waals surface area (Å²) in [6.07, 6.45) is 2.82. The number of aromatic nitrogens is 1. The van der Waals surface area contributed by atoms with Crippen LogP contribution in [0.5, 0.6) is 0 Å². The van der Waals surface area contributed by atoms with Crippen molar-refractivity contribution in [1.29, 1.82) is 0 Å². The number of rotatable bonds is 8. The molecule has 0 bridgehead atoms. The zero-order chi connectivity index (χ0) is 17.4. The number of sulfonamides is 1. The largest absolute Gasteiger partial charge is 0.352 e. The Labute approximate surface area is 142 Å². The molecule has 0 radical (unpaired) electrons. The van der Waals surface area contributed by atoms with Crippen LogP contribution in [-0.4, -0.2) is 31.6 Å². The van der Waals surface area contributed by atoms with Gasteiger partial charge in [0.15, 0.2) is 0 Å². The fourth-order valence-corrected chi connectivity index (χ4v) is 3.36. The summed E-state index contributed by atoms with van der Waals surface area (Å²) < 4.78 is 26.3. The van der Waals surface area contributed by atoms with Gasteiger partial charge >= 0.3 is 0 Å². The van der Waals surface area contributed by atoms with Crippen LogP contribution in [0.4, 0.5) is 5.69 Å². The number of hydrogen-bond acceptors (Lipinski definition) is 4. The summed E-state index contributed by atoms with van der Waals surface area (Å²) in [5.74, 6) is -0.302. The Balaban J connectivity index is 2.01. The monoisotopic (exact) mass is 347 g/mol. The molecular formula is C17H21N3O3S. The minimum atomic E-state index is -3.44. The molecule has 128 valence electrons. The van der Waals surface area contributed by atoms with Gasteiger partial charge in [0, 0.05) is 24.9 Å². The Morgan fingerprint density at radius 1 is 1.12 bits per heavy atom. The molecule has 0 unspecified atom stereocenters. The van der Waals surface area contributed by atoms with E-state index in [-0.39, 0.29) is 11.7 Å². The smallest absolute Gasteiger partial charge is 0.253 e. The lowest BCUT2D eigenvalue weighted by molar-refractivity contribution is 0.0955. The Kier molecular flexibility index (Phi) is 6.31. The molecule has 2 aromatic rings. The van der Waals surface area contributed by atoms with E-state index < -0.39 is 10.0 Å². The van der Waals surface area contributed by atoms with E-state index in [1.165, 1.54) is 0 Å². The molecule has 1 aromatic heterocycles. The molecule has 2 N–H and O–H groups in total. The van der Waals surface area contributed by atoms with Crippen molar-refractivity contribution < 1.29 is 13.2 Å². The molecule has 1 amide bonds. The fourth-order valence-electron chi connectivity index (χ4n) is 2.20. The van der Waals surface area contributed by atoms with Crippen molar-refractivity contribution in [3.63, 3.8) is 0 Å². The predicted octanol–water partition coefficient (Wildman–Crippen LogP) is 2.21. The Morgan fingerprint density at radius 2 is 1.88 bits per heavy atom. The maximum atomic E-state index is 12.3. The van der Waals surface area contributed by atoms with Gasteiger partial charge in [-0.15, -0.1) is 0 Å². The van der Waals surface area contributed by atoms with Crippen LogP contribution in [0.25, 0.3) is 0 Å². The lowest BCUT2D eigenvalue weighted by atomic mass is 10.1. The first-order chi connectivity index (χ1) is 11.5. The molecule has 24 heavy (non-hydrogen) atoms. The second-order valence-corrected chi connectivity index (χ2v) is 7.14. The van der Waals surface area contributed by atoms with Crippen LogP contribution in [-0.2, 0) is 16.4 Å². The van der Waals surface area contributed by atoms with E-state index in [1.54, 1.807) is 37.4 Å². The number of hydrogen-bond donors (Lipinski definition) is 2. The topological polar surface area (TPSA) is 88.2 Å². The van der Waals surface area contributed by atoms with Crippen LogP contribution in [0.2, 0.25) is 0 Å². The minimum absolute atomic E-state index is 0.0165. The van der Waals surface area contributed by atoms with Crippen molar-refractivity contribution in [2.24, 2.45) is 0 Å². The van der Waals surface area contributed by atoms with Gasteiger partial charge < -0.3 is 5.32 Å². The SMILES string of the molecule is CCCS(=O)(=O)Nc1ccccc1C(=O)NCCc1ccccn1. The molecule has 1 aromatic carbocycles. The number of nitrogens with one attached hydrogen (secondary N) is 2. The lowest BCUT2D eigenvalue weighted by Gasteiger charge is -2.12. The fraction of sp³-hybridized carbons (Fsp3) is 0.294. The van der Waals surface area contributed by atoms with Gasteiger partial charge in [-0.3, -0.25) is 14.5 Å². The normalized spacial score (nSPS) is 11.0. The number of para-hydroxylation sites is 1. The van der Waals surface area contributed by atoms with Crippen molar-refractivity contribution in [1.82, 2.24) is 10.3 Å². The number of carbonyl (C=O) groups excluding carboxylic acids is 1. The molecule has 0 spiro atoms. The van der Waals surface area contributed by atoms with Crippen LogP contribution in [0.15, 0.2) is 48.7 Å². The zero-order valence-corrected chi connectivity index (χ0v) is 14.3. The van der Waals surface area contributed by atoms with E-state index in [9.17, 15) is 13.2 Å². The molecule has 1 heterocycles. The van der Waals surface area contributed by atoms with E-state index in [4.69, 9.17) is 0 Å². The minimum Gasteiger partial charge on any atom is -0.352 e. The van der Waals surface area contributed by atoms with E-state index >= 15 is 0 Å². The summed E-state index contributed by atoms with van der Waals surface area (Å²) in [6.45, 7) is 2.21. The third-order valence-electron chi connectivity index (χ3n) is 3.30. The van der Waals surface area contributed by atoms with Crippen molar-refractivity contribution in [3.8, 4) is 0 Å². The first kappa shape index (κ1) is 17.9. The van der Waals surface area contributed by atoms with Crippen LogP contribution in [0.1, 0.15) is 29.4 Å². The number of nitrogens with zero attached hydrogens (tertiary/aromatic N) is 1. The Morgan fingerprint density at radius 3 is 2.58 bits per heavy atom. The zero-order valence-electron chi connectivity index (χ0n) is 13.5. The first-order valence-electron chi connectivity index (χ1n) is 7.79. The summed E-state index contributed by atoms with van der Waals surface area (Å²) in [5, 5.41) is 2.79. The van der Waals surface area contributed by atoms with Gasteiger partial charge in [0.1, 0.15) is 0 Å². The predicted molar refractivity (Wildman–Crippen MR) is 94.4 cm³/mol. The van der Waals surface area contributed by atoms with E-state index in [2.05, 4.69) is 15.0 Å². The molecular weight excluding hydrogens is 326 g/mol. The second kappa shape index (κ2) is 8.44. The Hall–Kier alpha value is -2.41. The highest BCUT2D eigenvalue weighted by Gasteiger charge is 2.15. The van der Waals surface area contributed by atoms with Gasteiger partial charge in [0.25, 0.3) is 5.91 Å². The average molecular weight is 347 g/mol. The molecule has 0 aliphatic carbocycles. The number of benzene rings is 1. The maximum Gasteiger partial charge on any atom is 0.253 e. The summed E-state index contributed by atoms with van der Waals surface area (Å²) in [7, 11) is -3.44. The van der Waals surface area contributed by atoms with Gasteiger partial charge in [-0.1, -0.05) is 25.1 Å². The molecule has 0 aliphatic heterocycles. The van der Waals surface area contributed by atoms with Crippen LogP contribution < -0.4 is 10.0 Å². The maximum absolute atomic E-state index is 12.3. The summed E-state index contributed by atoms with van der Waals surface area (Å²) >= 11 is 0. The second-order valence-electron chi connectivity index (χ2n) is 5.29. The molecule has 0 saturated heterocycles. The molecule has 0 aliphatic rings. The lowest BCUT2D eigenvalue weighted by Crippen LogP contribution is -2.27. The van der Waals surface area contributed by atoms with Crippen molar-refractivity contribution in [2.75, 3.05) is 17.0 Å². The number of carbonyl (C=O) groups is 1. The standard InChI is InChI=1S/C17H21N3O3S/c1-2-13-24(22,23)20-16-9-4-3-8-15(16)17(21)19-12-10-14-7-5-6-11-18-14/h3-9,11,20H,2,10,12-13H2,1H3,(H,19,21). The summed E-state index contributed by atoms with van der Waals surface area (Å²) in [6, 6.07) is 12.2. The van der Waals surface area contributed by atoms with E-state index in [1.807, 2.05) is 18.2 Å². The third kappa shape index (κ3) is 5.34. The van der Waals surface area contributed by atoms with Gasteiger partial charge in [0.05, 0.1) is 17.0 Å². The number of amides is 1. The van der Waals surface area contributed by atoms with Gasteiger partial charge in [0.2, 0.25) is 10.0 Å². The van der Waals surface area contributed by atoms with Crippen molar-refractivity contribution >= 4 is 21.6 Å². The highest BCUT2D eigenvalue weighted by Crippen LogP contribution is 2.17. The molecule has 0 fully saturated rings. The van der Waals surface area contributed by atoms with E-state index in [0.717, 1.165) is 5.69 Å². The molecule has 0 saturated carbocycles. The van der Waals surface area contributed by atoms with Gasteiger partial charge in [-0.2, -0.15) is 0 Å². The van der Waals surface area contributed by atoms with Crippen LogP contribution in [0, 0.1) is 0 Å². The highest BCUT2D eigenvalue weighted by atomic mass is 32.2. The van der Waals surface area contributed by atoms with Crippen molar-refractivity contribution in [3.05, 3.63) is 59.9 Å². The highest BCUT2D eigenvalue weighted by molar-refractivity contribution is 7.92. The Bertz CT molecular complexity index is 777. The van der Waals surface area contributed by atoms with Gasteiger partial charge in [-0.25, -0.2) is 8.42 Å². The number of pyridine rings is 1. The third-order valence-corrected chi connectivity index (χ3v) is 4.78. The van der Waals surface area contributed by atoms with E-state index in [0.29, 0.717) is 30.6 Å². The molecule has 0 atom stereocenters. The summed E-state index contributed by atoms with van der Waals surface area (Å²) in [4.78, 5) is 16.5.